The van der Waals surface area contributed by atoms with E-state index in [4.69, 9.17) is 5.11 Å². The van der Waals surface area contributed by atoms with Crippen LogP contribution in [0.25, 0.3) is 0 Å². The van der Waals surface area contributed by atoms with Gasteiger partial charge in [0.25, 0.3) is 0 Å². The fraction of sp³-hybridized carbons (Fsp3) is 0.444. The molecule has 7 nitrogen and oxygen atoms in total. The molecule has 1 aliphatic heterocycles. The van der Waals surface area contributed by atoms with Crippen molar-refractivity contribution in [1.29, 1.82) is 0 Å². The molecule has 1 aromatic rings. The predicted molar refractivity (Wildman–Crippen MR) is 56.4 cm³/mol. The van der Waals surface area contributed by atoms with Crippen molar-refractivity contribution < 1.29 is 14.7 Å². The van der Waals surface area contributed by atoms with E-state index in [1.54, 1.807) is 18.7 Å². The molecule has 86 valence electrons. The summed E-state index contributed by atoms with van der Waals surface area (Å²) in [6, 6.07) is 0. The first-order valence-corrected chi connectivity index (χ1v) is 4.79. The van der Waals surface area contributed by atoms with Crippen LogP contribution in [-0.4, -0.2) is 39.9 Å². The summed E-state index contributed by atoms with van der Waals surface area (Å²) >= 11 is 0. The van der Waals surface area contributed by atoms with E-state index in [1.165, 1.54) is 4.90 Å². The van der Waals surface area contributed by atoms with Crippen LogP contribution >= 0.6 is 0 Å². The van der Waals surface area contributed by atoms with Gasteiger partial charge in [-0.15, -0.1) is 0 Å². The van der Waals surface area contributed by atoms with Crippen molar-refractivity contribution in [3.05, 3.63) is 5.69 Å². The number of rotatable bonds is 2. The van der Waals surface area contributed by atoms with E-state index >= 15 is 0 Å². The van der Waals surface area contributed by atoms with Crippen LogP contribution in [0.4, 0.5) is 11.5 Å². The van der Waals surface area contributed by atoms with Crippen LogP contribution in [0.2, 0.25) is 0 Å². The maximum Gasteiger partial charge on any atom is 0.323 e. The van der Waals surface area contributed by atoms with Gasteiger partial charge in [-0.2, -0.15) is 5.10 Å². The molecule has 0 bridgehead atoms. The van der Waals surface area contributed by atoms with E-state index < -0.39 is 5.97 Å². The van der Waals surface area contributed by atoms with Gasteiger partial charge >= 0.3 is 5.97 Å². The number of nitrogens with zero attached hydrogens (tertiary/aromatic N) is 3. The van der Waals surface area contributed by atoms with Crippen molar-refractivity contribution in [3.63, 3.8) is 0 Å². The van der Waals surface area contributed by atoms with Crippen LogP contribution in [0.3, 0.4) is 0 Å². The van der Waals surface area contributed by atoms with Gasteiger partial charge in [0.1, 0.15) is 12.2 Å². The van der Waals surface area contributed by atoms with E-state index in [-0.39, 0.29) is 19.0 Å². The molecule has 0 saturated heterocycles. The minimum absolute atomic E-state index is 0.0400. The number of anilines is 2. The second kappa shape index (κ2) is 3.51. The normalized spacial score (nSPS) is 14.6. The average Bonchev–Trinajstić information content (AvgIpc) is 2.40. The molecule has 0 atom stereocenters. The first kappa shape index (κ1) is 10.5. The SMILES string of the molecule is Cc1nn(C)c2c1NC(=O)CN2CC(=O)O. The fourth-order valence-electron chi connectivity index (χ4n) is 1.88. The quantitative estimate of drug-likeness (QED) is 0.711. The van der Waals surface area contributed by atoms with Crippen LogP contribution in [0.1, 0.15) is 5.69 Å². The number of hydrogen-bond acceptors (Lipinski definition) is 4. The number of amides is 1. The highest BCUT2D eigenvalue weighted by atomic mass is 16.4. The number of hydrogen-bond donors (Lipinski definition) is 2. The van der Waals surface area contributed by atoms with E-state index in [9.17, 15) is 9.59 Å². The third-order valence-electron chi connectivity index (χ3n) is 2.42. The first-order chi connectivity index (χ1) is 7.49. The van der Waals surface area contributed by atoms with Crippen molar-refractivity contribution in [2.75, 3.05) is 23.3 Å². The van der Waals surface area contributed by atoms with Gasteiger partial charge < -0.3 is 15.3 Å². The Kier molecular flexibility index (Phi) is 2.30. The Morgan fingerprint density at radius 3 is 2.94 bits per heavy atom. The molecule has 2 rings (SSSR count). The molecule has 0 unspecified atom stereocenters. The number of carbonyl (C=O) groups is 2. The minimum atomic E-state index is -0.973. The van der Waals surface area contributed by atoms with E-state index in [0.717, 1.165) is 0 Å². The minimum Gasteiger partial charge on any atom is -0.480 e. The molecule has 1 aromatic heterocycles. The van der Waals surface area contributed by atoms with Gasteiger partial charge in [0, 0.05) is 7.05 Å². The third-order valence-corrected chi connectivity index (χ3v) is 2.42. The van der Waals surface area contributed by atoms with Gasteiger partial charge in [-0.25, -0.2) is 0 Å². The first-order valence-electron chi connectivity index (χ1n) is 4.79. The zero-order chi connectivity index (χ0) is 11.9. The zero-order valence-corrected chi connectivity index (χ0v) is 9.02. The molecule has 0 radical (unpaired) electrons. The van der Waals surface area contributed by atoms with Gasteiger partial charge in [-0.1, -0.05) is 0 Å². The van der Waals surface area contributed by atoms with Gasteiger partial charge in [0.05, 0.1) is 12.2 Å². The van der Waals surface area contributed by atoms with Crippen molar-refractivity contribution >= 4 is 23.4 Å². The van der Waals surface area contributed by atoms with Crippen LogP contribution in [-0.2, 0) is 16.6 Å². The number of nitrogens with one attached hydrogen (secondary N) is 1. The zero-order valence-electron chi connectivity index (χ0n) is 9.02. The number of carboxylic acids is 1. The molecule has 0 aliphatic carbocycles. The molecule has 0 spiro atoms. The molecule has 0 aromatic carbocycles. The maximum atomic E-state index is 11.4. The molecular weight excluding hydrogens is 212 g/mol. The van der Waals surface area contributed by atoms with Crippen LogP contribution in [0.15, 0.2) is 0 Å². The van der Waals surface area contributed by atoms with Crippen LogP contribution in [0.5, 0.6) is 0 Å². The second-order valence-electron chi connectivity index (χ2n) is 3.71. The topological polar surface area (TPSA) is 87.5 Å². The number of aryl methyl sites for hydroxylation is 2. The Morgan fingerprint density at radius 1 is 1.62 bits per heavy atom. The number of fused-ring (bicyclic) bond motifs is 1. The second-order valence-corrected chi connectivity index (χ2v) is 3.71. The summed E-state index contributed by atoms with van der Waals surface area (Å²) in [7, 11) is 1.72. The molecule has 1 amide bonds. The monoisotopic (exact) mass is 224 g/mol. The van der Waals surface area contributed by atoms with Crippen LogP contribution in [0, 0.1) is 6.92 Å². The molecule has 7 heteroatoms. The Bertz CT molecular complexity index is 466. The molecule has 2 heterocycles. The Morgan fingerprint density at radius 2 is 2.31 bits per heavy atom. The summed E-state index contributed by atoms with van der Waals surface area (Å²) < 4.78 is 1.58. The predicted octanol–water partition coefficient (Wildman–Crippen LogP) is -0.428. The van der Waals surface area contributed by atoms with Gasteiger partial charge in [0.15, 0.2) is 5.82 Å². The van der Waals surface area contributed by atoms with Crippen molar-refractivity contribution in [2.45, 2.75) is 6.92 Å². The summed E-state index contributed by atoms with van der Waals surface area (Å²) in [6.07, 6.45) is 0. The highest BCUT2D eigenvalue weighted by molar-refractivity contribution is 6.02. The molecule has 1 aliphatic rings. The smallest absolute Gasteiger partial charge is 0.323 e. The van der Waals surface area contributed by atoms with Crippen molar-refractivity contribution in [3.8, 4) is 0 Å². The number of carboxylic acid groups (broad SMARTS) is 1. The summed E-state index contributed by atoms with van der Waals surface area (Å²) in [5.74, 6) is -0.552. The highest BCUT2D eigenvalue weighted by Gasteiger charge is 2.28. The Labute approximate surface area is 91.6 Å². The largest absolute Gasteiger partial charge is 0.480 e. The number of aromatic nitrogens is 2. The average molecular weight is 224 g/mol. The Hall–Kier alpha value is -2.05. The maximum absolute atomic E-state index is 11.4. The molecule has 16 heavy (non-hydrogen) atoms. The summed E-state index contributed by atoms with van der Waals surface area (Å²) in [5.41, 5.74) is 1.28. The lowest BCUT2D eigenvalue weighted by Gasteiger charge is -2.27. The molecule has 0 saturated carbocycles. The Balaban J connectivity index is 2.44. The van der Waals surface area contributed by atoms with E-state index in [0.29, 0.717) is 17.2 Å². The van der Waals surface area contributed by atoms with Gasteiger partial charge in [-0.05, 0) is 6.92 Å². The molecular formula is C9H12N4O3. The summed E-state index contributed by atoms with van der Waals surface area (Å²) in [6.45, 7) is 1.60. The van der Waals surface area contributed by atoms with Crippen molar-refractivity contribution in [1.82, 2.24) is 9.78 Å². The standard InChI is InChI=1S/C9H12N4O3/c1-5-8-9(12(2)11-5)13(4-7(15)16)3-6(14)10-8/h3-4H2,1-2H3,(H,10,14)(H,15,16). The lowest BCUT2D eigenvalue weighted by atomic mass is 10.2. The third kappa shape index (κ3) is 1.60. The van der Waals surface area contributed by atoms with E-state index in [2.05, 4.69) is 10.4 Å². The fourth-order valence-corrected chi connectivity index (χ4v) is 1.88. The lowest BCUT2D eigenvalue weighted by Crippen LogP contribution is -2.41. The van der Waals surface area contributed by atoms with Gasteiger partial charge in [-0.3, -0.25) is 14.3 Å². The van der Waals surface area contributed by atoms with Crippen LogP contribution < -0.4 is 10.2 Å². The van der Waals surface area contributed by atoms with Gasteiger partial charge in [0.2, 0.25) is 5.91 Å². The highest BCUT2D eigenvalue weighted by Crippen LogP contribution is 2.31. The number of carbonyl (C=O) groups excluding carboxylic acids is 1. The summed E-state index contributed by atoms with van der Waals surface area (Å²) in [5, 5.41) is 15.6. The number of aliphatic carboxylic acids is 1. The lowest BCUT2D eigenvalue weighted by molar-refractivity contribution is -0.135. The molecule has 0 fully saturated rings. The summed E-state index contributed by atoms with van der Waals surface area (Å²) in [4.78, 5) is 23.6. The molecule has 2 N–H and O–H groups in total. The van der Waals surface area contributed by atoms with Crippen molar-refractivity contribution in [2.24, 2.45) is 7.05 Å². The van der Waals surface area contributed by atoms with E-state index in [1.807, 2.05) is 0 Å².